The van der Waals surface area contributed by atoms with E-state index in [4.69, 9.17) is 0 Å². The highest BCUT2D eigenvalue weighted by molar-refractivity contribution is 9.10. The van der Waals surface area contributed by atoms with Crippen molar-refractivity contribution in [3.8, 4) is 0 Å². The second-order valence-corrected chi connectivity index (χ2v) is 6.53. The van der Waals surface area contributed by atoms with E-state index in [1.54, 1.807) is 11.3 Å². The molecule has 0 saturated heterocycles. The first-order valence-electron chi connectivity index (χ1n) is 6.67. The molecule has 0 saturated carbocycles. The van der Waals surface area contributed by atoms with Crippen molar-refractivity contribution in [2.45, 2.75) is 19.0 Å². The fourth-order valence-electron chi connectivity index (χ4n) is 2.19. The molecule has 0 bridgehead atoms. The first-order chi connectivity index (χ1) is 9.69. The fraction of sp³-hybridized carbons (Fsp3) is 0.400. The highest BCUT2D eigenvalue weighted by Gasteiger charge is 2.10. The van der Waals surface area contributed by atoms with Crippen LogP contribution < -0.4 is 5.32 Å². The smallest absolute Gasteiger partial charge is 0.0795 e. The molecule has 0 amide bonds. The topological polar surface area (TPSA) is 28.2 Å². The molecule has 0 aliphatic heterocycles. The standard InChI is InChI=1S/C15H20BrN3S/c1-17-15(12-3-5-13(16)6-4-12)7-8-19(2)9-14-10-20-11-18-14/h3-6,10-11,15,17H,7-9H2,1-2H3. The zero-order chi connectivity index (χ0) is 14.4. The van der Waals surface area contributed by atoms with E-state index in [-0.39, 0.29) is 0 Å². The van der Waals surface area contributed by atoms with E-state index in [0.29, 0.717) is 6.04 Å². The average molecular weight is 354 g/mol. The van der Waals surface area contributed by atoms with Gasteiger partial charge in [0.05, 0.1) is 11.2 Å². The lowest BCUT2D eigenvalue weighted by molar-refractivity contribution is 0.301. The Kier molecular flexibility index (Phi) is 6.16. The molecule has 0 fully saturated rings. The Labute approximate surface area is 133 Å². The van der Waals surface area contributed by atoms with Crippen molar-refractivity contribution >= 4 is 27.3 Å². The summed E-state index contributed by atoms with van der Waals surface area (Å²) >= 11 is 5.13. The molecule has 2 aromatic rings. The van der Waals surface area contributed by atoms with Crippen molar-refractivity contribution in [3.63, 3.8) is 0 Å². The van der Waals surface area contributed by atoms with Gasteiger partial charge < -0.3 is 10.2 Å². The molecule has 20 heavy (non-hydrogen) atoms. The largest absolute Gasteiger partial charge is 0.313 e. The van der Waals surface area contributed by atoms with Crippen LogP contribution in [0.15, 0.2) is 39.6 Å². The van der Waals surface area contributed by atoms with E-state index < -0.39 is 0 Å². The van der Waals surface area contributed by atoms with Crippen LogP contribution in [0.3, 0.4) is 0 Å². The van der Waals surface area contributed by atoms with Crippen LogP contribution in [0.5, 0.6) is 0 Å². The van der Waals surface area contributed by atoms with Crippen molar-refractivity contribution < 1.29 is 0 Å². The maximum absolute atomic E-state index is 4.33. The summed E-state index contributed by atoms with van der Waals surface area (Å²) in [7, 11) is 4.17. The van der Waals surface area contributed by atoms with E-state index in [0.717, 1.165) is 29.7 Å². The number of hydrogen-bond donors (Lipinski definition) is 1. The highest BCUT2D eigenvalue weighted by atomic mass is 79.9. The van der Waals surface area contributed by atoms with Gasteiger partial charge in [0.2, 0.25) is 0 Å². The van der Waals surface area contributed by atoms with Crippen LogP contribution in [0.2, 0.25) is 0 Å². The van der Waals surface area contributed by atoms with E-state index in [1.807, 2.05) is 12.6 Å². The Bertz CT molecular complexity index is 498. The van der Waals surface area contributed by atoms with Crippen LogP contribution in [-0.4, -0.2) is 30.5 Å². The number of hydrogen-bond acceptors (Lipinski definition) is 4. The molecule has 0 aliphatic rings. The zero-order valence-electron chi connectivity index (χ0n) is 11.8. The minimum absolute atomic E-state index is 0.390. The monoisotopic (exact) mass is 353 g/mol. The number of rotatable bonds is 7. The zero-order valence-corrected chi connectivity index (χ0v) is 14.2. The molecular weight excluding hydrogens is 334 g/mol. The third-order valence-corrected chi connectivity index (χ3v) is 4.50. The Morgan fingerprint density at radius 3 is 2.70 bits per heavy atom. The fourth-order valence-corrected chi connectivity index (χ4v) is 3.01. The number of benzene rings is 1. The molecule has 0 aliphatic carbocycles. The summed E-state index contributed by atoms with van der Waals surface area (Å²) in [6, 6.07) is 8.93. The molecule has 108 valence electrons. The number of nitrogens with zero attached hydrogens (tertiary/aromatic N) is 2. The van der Waals surface area contributed by atoms with Crippen LogP contribution in [0.4, 0.5) is 0 Å². The van der Waals surface area contributed by atoms with Gasteiger partial charge >= 0.3 is 0 Å². The van der Waals surface area contributed by atoms with Crippen LogP contribution >= 0.6 is 27.3 Å². The third-order valence-electron chi connectivity index (χ3n) is 3.34. The van der Waals surface area contributed by atoms with Crippen molar-refractivity contribution in [1.82, 2.24) is 15.2 Å². The lowest BCUT2D eigenvalue weighted by Crippen LogP contribution is -2.25. The van der Waals surface area contributed by atoms with E-state index >= 15 is 0 Å². The molecule has 5 heteroatoms. The molecule has 0 radical (unpaired) electrons. The van der Waals surface area contributed by atoms with Gasteiger partial charge in [-0.25, -0.2) is 4.98 Å². The maximum Gasteiger partial charge on any atom is 0.0795 e. The summed E-state index contributed by atoms with van der Waals surface area (Å²) in [5.41, 5.74) is 4.38. The minimum Gasteiger partial charge on any atom is -0.313 e. The van der Waals surface area contributed by atoms with Gasteiger partial charge in [-0.2, -0.15) is 0 Å². The average Bonchev–Trinajstić information content (AvgIpc) is 2.94. The first-order valence-corrected chi connectivity index (χ1v) is 8.41. The number of halogens is 1. The van der Waals surface area contributed by atoms with Crippen molar-refractivity contribution in [2.75, 3.05) is 20.6 Å². The van der Waals surface area contributed by atoms with Gasteiger partial charge in [-0.15, -0.1) is 11.3 Å². The molecular formula is C15H20BrN3S. The third kappa shape index (κ3) is 4.66. The molecule has 1 aromatic heterocycles. The van der Waals surface area contributed by atoms with Crippen molar-refractivity contribution in [1.29, 1.82) is 0 Å². The van der Waals surface area contributed by atoms with E-state index in [1.165, 1.54) is 5.56 Å². The number of nitrogens with one attached hydrogen (secondary N) is 1. The van der Waals surface area contributed by atoms with E-state index in [9.17, 15) is 0 Å². The minimum atomic E-state index is 0.390. The summed E-state index contributed by atoms with van der Waals surface area (Å²) in [6.45, 7) is 1.96. The summed E-state index contributed by atoms with van der Waals surface area (Å²) in [5.74, 6) is 0. The molecule has 0 spiro atoms. The molecule has 2 rings (SSSR count). The van der Waals surface area contributed by atoms with E-state index in [2.05, 4.69) is 67.8 Å². The highest BCUT2D eigenvalue weighted by Crippen LogP contribution is 2.19. The summed E-state index contributed by atoms with van der Waals surface area (Å²) in [5, 5.41) is 5.51. The summed E-state index contributed by atoms with van der Waals surface area (Å²) in [6.07, 6.45) is 1.08. The quantitative estimate of drug-likeness (QED) is 0.822. The number of aromatic nitrogens is 1. The predicted octanol–water partition coefficient (Wildman–Crippen LogP) is 3.69. The molecule has 1 aromatic carbocycles. The van der Waals surface area contributed by atoms with Crippen molar-refractivity contribution in [3.05, 3.63) is 50.9 Å². The first kappa shape index (κ1) is 15.6. The van der Waals surface area contributed by atoms with Gasteiger partial charge in [0.1, 0.15) is 0 Å². The van der Waals surface area contributed by atoms with Gasteiger partial charge in [-0.3, -0.25) is 0 Å². The molecule has 1 N–H and O–H groups in total. The SMILES string of the molecule is CNC(CCN(C)Cc1cscn1)c1ccc(Br)cc1. The van der Waals surface area contributed by atoms with Crippen LogP contribution in [0.1, 0.15) is 23.7 Å². The van der Waals surface area contributed by atoms with Gasteiger partial charge in [0.15, 0.2) is 0 Å². The normalized spacial score (nSPS) is 12.8. The number of thiazole rings is 1. The van der Waals surface area contributed by atoms with Crippen LogP contribution in [-0.2, 0) is 6.54 Å². The second-order valence-electron chi connectivity index (χ2n) is 4.90. The van der Waals surface area contributed by atoms with Gasteiger partial charge in [-0.05, 0) is 38.2 Å². The molecule has 1 unspecified atom stereocenters. The Morgan fingerprint density at radius 1 is 1.35 bits per heavy atom. The Balaban J connectivity index is 1.85. The molecule has 1 atom stereocenters. The molecule has 1 heterocycles. The molecule has 3 nitrogen and oxygen atoms in total. The van der Waals surface area contributed by atoms with Crippen LogP contribution in [0.25, 0.3) is 0 Å². The Hall–Kier alpha value is -0.750. The van der Waals surface area contributed by atoms with Gasteiger partial charge in [-0.1, -0.05) is 28.1 Å². The Morgan fingerprint density at radius 2 is 2.10 bits per heavy atom. The summed E-state index contributed by atoms with van der Waals surface area (Å²) in [4.78, 5) is 6.65. The van der Waals surface area contributed by atoms with Crippen molar-refractivity contribution in [2.24, 2.45) is 0 Å². The van der Waals surface area contributed by atoms with Gasteiger partial charge in [0, 0.05) is 29.0 Å². The summed E-state index contributed by atoms with van der Waals surface area (Å²) < 4.78 is 1.12. The lowest BCUT2D eigenvalue weighted by atomic mass is 10.0. The predicted molar refractivity (Wildman–Crippen MR) is 89.0 cm³/mol. The lowest BCUT2D eigenvalue weighted by Gasteiger charge is -2.21. The maximum atomic E-state index is 4.33. The van der Waals surface area contributed by atoms with Gasteiger partial charge in [0.25, 0.3) is 0 Å². The van der Waals surface area contributed by atoms with Crippen LogP contribution in [0, 0.1) is 0 Å². The second kappa shape index (κ2) is 7.88.